The number of nitrogens with two attached hydrogens (primary N) is 1. The van der Waals surface area contributed by atoms with Crippen LogP contribution in [0.25, 0.3) is 5.57 Å². The van der Waals surface area contributed by atoms with Crippen LogP contribution in [0.4, 0.5) is 11.4 Å². The number of ketones is 1. The van der Waals surface area contributed by atoms with Crippen LogP contribution in [0.2, 0.25) is 0 Å². The molecule has 0 fully saturated rings. The smallest absolute Gasteiger partial charge is 0.257 e. The molecule has 4 N–H and O–H groups in total. The molecule has 0 radical (unpaired) electrons. The number of carbonyl (C=O) groups excluding carboxylic acids is 3. The third-order valence-electron chi connectivity index (χ3n) is 6.11. The van der Waals surface area contributed by atoms with Gasteiger partial charge in [-0.2, -0.15) is 0 Å². The molecule has 178 valence electrons. The van der Waals surface area contributed by atoms with E-state index in [9.17, 15) is 14.4 Å². The number of anilines is 2. The summed E-state index contributed by atoms with van der Waals surface area (Å²) in [6.07, 6.45) is 1.68. The van der Waals surface area contributed by atoms with Crippen molar-refractivity contribution in [2.24, 2.45) is 5.73 Å². The van der Waals surface area contributed by atoms with Crippen molar-refractivity contribution in [2.45, 2.75) is 20.4 Å². The Morgan fingerprint density at radius 1 is 0.943 bits per heavy atom. The van der Waals surface area contributed by atoms with Gasteiger partial charge < -0.3 is 16.4 Å². The molecule has 0 bridgehead atoms. The van der Waals surface area contributed by atoms with Crippen molar-refractivity contribution >= 4 is 34.5 Å². The Morgan fingerprint density at radius 3 is 2.31 bits per heavy atom. The highest BCUT2D eigenvalue weighted by Gasteiger charge is 2.25. The molecule has 3 aromatic rings. The molecule has 0 saturated carbocycles. The van der Waals surface area contributed by atoms with Crippen molar-refractivity contribution in [2.75, 3.05) is 23.7 Å². The van der Waals surface area contributed by atoms with Gasteiger partial charge in [-0.1, -0.05) is 50.2 Å². The first kappa shape index (κ1) is 23.9. The lowest BCUT2D eigenvalue weighted by Gasteiger charge is -2.18. The number of hydrogen-bond acceptors (Lipinski definition) is 5. The number of fused-ring (bicyclic) bond motifs is 1. The van der Waals surface area contributed by atoms with E-state index in [1.807, 2.05) is 12.1 Å². The predicted molar refractivity (Wildman–Crippen MR) is 138 cm³/mol. The van der Waals surface area contributed by atoms with Gasteiger partial charge in [0.05, 0.1) is 5.57 Å². The van der Waals surface area contributed by atoms with Crippen LogP contribution in [0.5, 0.6) is 0 Å². The fourth-order valence-corrected chi connectivity index (χ4v) is 4.03. The maximum Gasteiger partial charge on any atom is 0.257 e. The van der Waals surface area contributed by atoms with Crippen LogP contribution >= 0.6 is 0 Å². The lowest BCUT2D eigenvalue weighted by molar-refractivity contribution is -0.110. The minimum Gasteiger partial charge on any atom is -0.366 e. The molecule has 0 spiro atoms. The second-order valence-corrected chi connectivity index (χ2v) is 8.35. The number of primary amides is 1. The van der Waals surface area contributed by atoms with Crippen molar-refractivity contribution < 1.29 is 14.4 Å². The van der Waals surface area contributed by atoms with Crippen molar-refractivity contribution in [3.05, 3.63) is 101 Å². The Kier molecular flexibility index (Phi) is 7.08. The van der Waals surface area contributed by atoms with Gasteiger partial charge >= 0.3 is 0 Å². The van der Waals surface area contributed by atoms with Gasteiger partial charge in [-0.25, -0.2) is 0 Å². The van der Waals surface area contributed by atoms with E-state index in [1.54, 1.807) is 42.6 Å². The number of benzene rings is 3. The highest BCUT2D eigenvalue weighted by Crippen LogP contribution is 2.33. The first-order valence-electron chi connectivity index (χ1n) is 11.6. The van der Waals surface area contributed by atoms with Gasteiger partial charge in [0.25, 0.3) is 5.91 Å². The van der Waals surface area contributed by atoms with Crippen LogP contribution in [0.1, 0.15) is 51.3 Å². The zero-order chi connectivity index (χ0) is 24.9. The SMILES string of the molecule is CCN(CC)Cc1ccc(N/C=C2\C(=O)Nc3cc(C(=O)c4cccc(C(N)=O)c4)ccc32)cc1. The molecule has 1 heterocycles. The molecule has 2 amide bonds. The summed E-state index contributed by atoms with van der Waals surface area (Å²) in [6.45, 7) is 7.21. The number of nitrogens with zero attached hydrogens (tertiary/aromatic N) is 1. The second-order valence-electron chi connectivity index (χ2n) is 8.35. The normalized spacial score (nSPS) is 13.6. The number of nitrogens with one attached hydrogen (secondary N) is 2. The van der Waals surface area contributed by atoms with Gasteiger partial charge in [0.2, 0.25) is 5.91 Å². The summed E-state index contributed by atoms with van der Waals surface area (Å²) >= 11 is 0. The highest BCUT2D eigenvalue weighted by atomic mass is 16.2. The quantitative estimate of drug-likeness (QED) is 0.321. The topological polar surface area (TPSA) is 105 Å². The van der Waals surface area contributed by atoms with Gasteiger partial charge in [-0.15, -0.1) is 0 Å². The summed E-state index contributed by atoms with van der Waals surface area (Å²) in [7, 11) is 0. The van der Waals surface area contributed by atoms with Gasteiger partial charge in [0, 0.05) is 46.4 Å². The molecule has 3 aromatic carbocycles. The van der Waals surface area contributed by atoms with E-state index < -0.39 is 5.91 Å². The van der Waals surface area contributed by atoms with Gasteiger partial charge in [-0.3, -0.25) is 19.3 Å². The molecule has 1 aliphatic heterocycles. The minimum absolute atomic E-state index is 0.244. The Hall–Kier alpha value is -4.23. The average Bonchev–Trinajstić information content (AvgIpc) is 3.20. The van der Waals surface area contributed by atoms with Gasteiger partial charge in [-0.05, 0) is 49.0 Å². The Morgan fingerprint density at radius 2 is 1.63 bits per heavy atom. The maximum absolute atomic E-state index is 12.9. The fraction of sp³-hybridized carbons (Fsp3) is 0.179. The molecule has 7 heteroatoms. The predicted octanol–water partition coefficient (Wildman–Crippen LogP) is 4.26. The molecule has 35 heavy (non-hydrogen) atoms. The van der Waals surface area contributed by atoms with E-state index in [0.717, 1.165) is 25.3 Å². The maximum atomic E-state index is 12.9. The monoisotopic (exact) mass is 468 g/mol. The lowest BCUT2D eigenvalue weighted by atomic mass is 9.98. The van der Waals surface area contributed by atoms with E-state index in [2.05, 4.69) is 41.5 Å². The fourth-order valence-electron chi connectivity index (χ4n) is 4.03. The zero-order valence-corrected chi connectivity index (χ0v) is 19.8. The van der Waals surface area contributed by atoms with Crippen molar-refractivity contribution in [1.82, 2.24) is 4.90 Å². The first-order chi connectivity index (χ1) is 16.9. The minimum atomic E-state index is -0.596. The molecule has 4 rings (SSSR count). The Bertz CT molecular complexity index is 1310. The molecule has 0 atom stereocenters. The van der Waals surface area contributed by atoms with Crippen molar-refractivity contribution in [3.63, 3.8) is 0 Å². The third-order valence-corrected chi connectivity index (χ3v) is 6.11. The summed E-state index contributed by atoms with van der Waals surface area (Å²) in [4.78, 5) is 39.3. The number of hydrogen-bond donors (Lipinski definition) is 3. The summed E-state index contributed by atoms with van der Waals surface area (Å²) in [6, 6.07) is 19.5. The summed E-state index contributed by atoms with van der Waals surface area (Å²) in [5.74, 6) is -1.10. The number of rotatable bonds is 9. The zero-order valence-electron chi connectivity index (χ0n) is 19.8. The summed E-state index contributed by atoms with van der Waals surface area (Å²) < 4.78 is 0. The van der Waals surface area contributed by atoms with Gasteiger partial charge in [0.15, 0.2) is 5.78 Å². The van der Waals surface area contributed by atoms with Crippen molar-refractivity contribution in [1.29, 1.82) is 0 Å². The van der Waals surface area contributed by atoms with Crippen LogP contribution < -0.4 is 16.4 Å². The lowest BCUT2D eigenvalue weighted by Crippen LogP contribution is -2.21. The Balaban J connectivity index is 1.50. The van der Waals surface area contributed by atoms with Crippen molar-refractivity contribution in [3.8, 4) is 0 Å². The summed E-state index contributed by atoms with van der Waals surface area (Å²) in [5.41, 5.74) is 10.2. The van der Waals surface area contributed by atoms with Crippen LogP contribution in [0, 0.1) is 0 Å². The summed E-state index contributed by atoms with van der Waals surface area (Å²) in [5, 5.41) is 6.02. The molecule has 0 saturated heterocycles. The first-order valence-corrected chi connectivity index (χ1v) is 11.6. The second kappa shape index (κ2) is 10.4. The number of amides is 2. The average molecular weight is 469 g/mol. The third kappa shape index (κ3) is 5.31. The molecule has 0 aliphatic carbocycles. The van der Waals surface area contributed by atoms with E-state index >= 15 is 0 Å². The van der Waals surface area contributed by atoms with Crippen LogP contribution in [-0.2, 0) is 11.3 Å². The van der Waals surface area contributed by atoms with Crippen LogP contribution in [-0.4, -0.2) is 35.6 Å². The molecular weight excluding hydrogens is 440 g/mol. The van der Waals surface area contributed by atoms with E-state index in [-0.39, 0.29) is 17.3 Å². The molecule has 1 aliphatic rings. The van der Waals surface area contributed by atoms with E-state index in [0.29, 0.717) is 28.0 Å². The van der Waals surface area contributed by atoms with Crippen LogP contribution in [0.3, 0.4) is 0 Å². The molecule has 0 aromatic heterocycles. The molecular formula is C28H28N4O3. The van der Waals surface area contributed by atoms with E-state index in [4.69, 9.17) is 5.73 Å². The standard InChI is InChI=1S/C28H28N4O3/c1-3-32(4-2)17-18-8-11-22(12-9-18)30-16-24-23-13-10-20(15-25(23)31-28(24)35)26(33)19-6-5-7-21(14-19)27(29)34/h5-16,30H,3-4,17H2,1-2H3,(H2,29,34)(H,31,35)/b24-16-. The number of carbonyl (C=O) groups is 3. The Labute approximate surface area is 204 Å². The highest BCUT2D eigenvalue weighted by molar-refractivity contribution is 6.32. The largest absolute Gasteiger partial charge is 0.366 e. The van der Waals surface area contributed by atoms with Crippen LogP contribution in [0.15, 0.2) is 72.9 Å². The molecule has 0 unspecified atom stereocenters. The van der Waals surface area contributed by atoms with Gasteiger partial charge in [0.1, 0.15) is 0 Å². The van der Waals surface area contributed by atoms with E-state index in [1.165, 1.54) is 11.6 Å². The molecule has 7 nitrogen and oxygen atoms in total.